The lowest BCUT2D eigenvalue weighted by atomic mass is 9.95. The van der Waals surface area contributed by atoms with E-state index in [9.17, 15) is 22.0 Å². The molecule has 2 fully saturated rings. The van der Waals surface area contributed by atoms with Crippen LogP contribution < -0.4 is 5.32 Å². The fraction of sp³-hybridized carbons (Fsp3) is 0.480. The highest BCUT2D eigenvalue weighted by molar-refractivity contribution is 7.88. The topological polar surface area (TPSA) is 69.7 Å². The molecular weight excluding hydrogens is 460 g/mol. The van der Waals surface area contributed by atoms with Gasteiger partial charge in [0.05, 0.1) is 5.75 Å². The van der Waals surface area contributed by atoms with Gasteiger partial charge in [0.1, 0.15) is 0 Å². The van der Waals surface area contributed by atoms with Crippen LogP contribution in [0.25, 0.3) is 0 Å². The van der Waals surface area contributed by atoms with Crippen molar-refractivity contribution < 1.29 is 22.0 Å². The van der Waals surface area contributed by atoms with Crippen LogP contribution in [-0.4, -0.2) is 55.8 Å². The van der Waals surface area contributed by atoms with Gasteiger partial charge in [0, 0.05) is 44.7 Å². The molecule has 0 spiro atoms. The molecular formula is C25H31F2N3O3S. The van der Waals surface area contributed by atoms with E-state index in [1.807, 2.05) is 18.2 Å². The van der Waals surface area contributed by atoms with Gasteiger partial charge in [0.25, 0.3) is 0 Å². The average molecular weight is 492 g/mol. The largest absolute Gasteiger partial charge is 0.353 e. The number of nitrogens with zero attached hydrogens (tertiary/aromatic N) is 2. The van der Waals surface area contributed by atoms with Crippen molar-refractivity contribution in [2.45, 2.75) is 44.0 Å². The molecule has 0 radical (unpaired) electrons. The first-order chi connectivity index (χ1) is 16.3. The maximum atomic E-state index is 13.4. The fourth-order valence-corrected chi connectivity index (χ4v) is 6.29. The number of likely N-dealkylation sites (tertiary alicyclic amines) is 1. The van der Waals surface area contributed by atoms with Crippen molar-refractivity contribution in [3.05, 3.63) is 71.3 Å². The van der Waals surface area contributed by atoms with E-state index in [0.717, 1.165) is 43.1 Å². The molecule has 184 valence electrons. The molecule has 2 aromatic carbocycles. The third kappa shape index (κ3) is 6.40. The predicted octanol–water partition coefficient (Wildman–Crippen LogP) is 3.29. The molecule has 9 heteroatoms. The van der Waals surface area contributed by atoms with Crippen LogP contribution in [0.15, 0.2) is 48.5 Å². The van der Waals surface area contributed by atoms with Crippen LogP contribution in [0.5, 0.6) is 0 Å². The van der Waals surface area contributed by atoms with E-state index in [4.69, 9.17) is 0 Å². The summed E-state index contributed by atoms with van der Waals surface area (Å²) in [6, 6.07) is 13.2. The lowest BCUT2D eigenvalue weighted by Gasteiger charge is -2.34. The molecule has 2 aromatic rings. The van der Waals surface area contributed by atoms with E-state index in [0.29, 0.717) is 32.5 Å². The van der Waals surface area contributed by atoms with Crippen LogP contribution in [0.4, 0.5) is 8.78 Å². The Kier molecular flexibility index (Phi) is 7.95. The summed E-state index contributed by atoms with van der Waals surface area (Å²) >= 11 is 0. The molecule has 4 rings (SSSR count). The lowest BCUT2D eigenvalue weighted by molar-refractivity contribution is -0.127. The molecule has 1 N–H and O–H groups in total. The molecule has 0 atom stereocenters. The molecule has 0 aromatic heterocycles. The number of hydrogen-bond donors (Lipinski definition) is 1. The molecule has 0 bridgehead atoms. The molecule has 2 aliphatic heterocycles. The SMILES string of the molecule is O=C(NC1CCN(Cc2ccc(F)c(F)c2)CC1)C1CCN(S(=O)(=O)Cc2ccccc2)CC1. The second kappa shape index (κ2) is 10.9. The van der Waals surface area contributed by atoms with Gasteiger partial charge in [-0.25, -0.2) is 21.5 Å². The van der Waals surface area contributed by atoms with Gasteiger partial charge in [-0.2, -0.15) is 0 Å². The molecule has 2 heterocycles. The zero-order valence-corrected chi connectivity index (χ0v) is 19.9. The fourth-order valence-electron chi connectivity index (χ4n) is 4.72. The van der Waals surface area contributed by atoms with Crippen molar-refractivity contribution in [2.75, 3.05) is 26.2 Å². The van der Waals surface area contributed by atoms with Crippen LogP contribution in [-0.2, 0) is 27.1 Å². The van der Waals surface area contributed by atoms with Crippen molar-refractivity contribution in [1.82, 2.24) is 14.5 Å². The number of carbonyl (C=O) groups is 1. The van der Waals surface area contributed by atoms with Crippen LogP contribution >= 0.6 is 0 Å². The number of sulfonamides is 1. The number of carbonyl (C=O) groups excluding carboxylic acids is 1. The highest BCUT2D eigenvalue weighted by Gasteiger charge is 2.32. The summed E-state index contributed by atoms with van der Waals surface area (Å²) in [5.41, 5.74) is 1.49. The third-order valence-corrected chi connectivity index (χ3v) is 8.58. The average Bonchev–Trinajstić information content (AvgIpc) is 2.83. The first-order valence-corrected chi connectivity index (χ1v) is 13.4. The van der Waals surface area contributed by atoms with Crippen molar-refractivity contribution in [1.29, 1.82) is 0 Å². The number of nitrogens with one attached hydrogen (secondary N) is 1. The Balaban J connectivity index is 1.20. The molecule has 2 saturated heterocycles. The Bertz CT molecular complexity index is 1080. The van der Waals surface area contributed by atoms with E-state index >= 15 is 0 Å². The molecule has 6 nitrogen and oxygen atoms in total. The van der Waals surface area contributed by atoms with Gasteiger partial charge in [0.2, 0.25) is 15.9 Å². The molecule has 0 saturated carbocycles. The van der Waals surface area contributed by atoms with Gasteiger partial charge < -0.3 is 5.32 Å². The second-order valence-electron chi connectivity index (χ2n) is 9.22. The molecule has 2 aliphatic rings. The van der Waals surface area contributed by atoms with Gasteiger partial charge in [-0.3, -0.25) is 9.69 Å². The summed E-state index contributed by atoms with van der Waals surface area (Å²) in [6.07, 6.45) is 2.63. The van der Waals surface area contributed by atoms with Crippen molar-refractivity contribution >= 4 is 15.9 Å². The molecule has 0 aliphatic carbocycles. The van der Waals surface area contributed by atoms with E-state index in [1.165, 1.54) is 10.4 Å². The minimum absolute atomic E-state index is 0.000775. The first kappa shape index (κ1) is 24.8. The minimum atomic E-state index is -3.40. The Hall–Kier alpha value is -2.36. The van der Waals surface area contributed by atoms with Crippen LogP contribution in [0.1, 0.15) is 36.8 Å². The summed E-state index contributed by atoms with van der Waals surface area (Å²) in [5, 5.41) is 3.14. The minimum Gasteiger partial charge on any atom is -0.353 e. The number of amides is 1. The highest BCUT2D eigenvalue weighted by atomic mass is 32.2. The maximum Gasteiger partial charge on any atom is 0.223 e. The van der Waals surface area contributed by atoms with Crippen molar-refractivity contribution in [3.63, 3.8) is 0 Å². The quantitative estimate of drug-likeness (QED) is 0.646. The van der Waals surface area contributed by atoms with E-state index in [-0.39, 0.29) is 23.6 Å². The smallest absolute Gasteiger partial charge is 0.223 e. The van der Waals surface area contributed by atoms with Crippen LogP contribution in [0, 0.1) is 17.6 Å². The number of halogens is 2. The van der Waals surface area contributed by atoms with Crippen molar-refractivity contribution in [3.8, 4) is 0 Å². The Morgan fingerprint density at radius 1 is 0.882 bits per heavy atom. The highest BCUT2D eigenvalue weighted by Crippen LogP contribution is 2.23. The summed E-state index contributed by atoms with van der Waals surface area (Å²) in [6.45, 7) is 2.80. The Morgan fingerprint density at radius 2 is 1.56 bits per heavy atom. The number of benzene rings is 2. The van der Waals surface area contributed by atoms with Gasteiger partial charge in [-0.15, -0.1) is 0 Å². The molecule has 0 unspecified atom stereocenters. The predicted molar refractivity (Wildman–Crippen MR) is 126 cm³/mol. The summed E-state index contributed by atoms with van der Waals surface area (Å²) in [5.74, 6) is -1.88. The van der Waals surface area contributed by atoms with Gasteiger partial charge in [-0.05, 0) is 48.9 Å². The van der Waals surface area contributed by atoms with Gasteiger partial charge >= 0.3 is 0 Å². The monoisotopic (exact) mass is 491 g/mol. The van der Waals surface area contributed by atoms with E-state index < -0.39 is 21.7 Å². The Morgan fingerprint density at radius 3 is 2.21 bits per heavy atom. The summed E-state index contributed by atoms with van der Waals surface area (Å²) in [7, 11) is -3.40. The Labute approximate surface area is 200 Å². The normalized spacial score (nSPS) is 19.2. The zero-order chi connectivity index (χ0) is 24.1. The number of rotatable bonds is 7. The van der Waals surface area contributed by atoms with Gasteiger partial charge in [0.15, 0.2) is 11.6 Å². The standard InChI is InChI=1S/C25H31F2N3O3S/c26-23-7-6-20(16-24(23)27)17-29-12-10-22(11-13-29)28-25(31)21-8-14-30(15-9-21)34(32,33)18-19-4-2-1-3-5-19/h1-7,16,21-22H,8-15,17-18H2,(H,28,31). The third-order valence-electron chi connectivity index (χ3n) is 6.73. The van der Waals surface area contributed by atoms with E-state index in [2.05, 4.69) is 10.2 Å². The van der Waals surface area contributed by atoms with Crippen LogP contribution in [0.2, 0.25) is 0 Å². The van der Waals surface area contributed by atoms with Crippen molar-refractivity contribution in [2.24, 2.45) is 5.92 Å². The van der Waals surface area contributed by atoms with Gasteiger partial charge in [-0.1, -0.05) is 36.4 Å². The lowest BCUT2D eigenvalue weighted by Crippen LogP contribution is -2.48. The van der Waals surface area contributed by atoms with E-state index in [1.54, 1.807) is 18.2 Å². The maximum absolute atomic E-state index is 13.4. The molecule has 1 amide bonds. The second-order valence-corrected chi connectivity index (χ2v) is 11.2. The molecule has 34 heavy (non-hydrogen) atoms. The number of hydrogen-bond acceptors (Lipinski definition) is 4. The summed E-state index contributed by atoms with van der Waals surface area (Å²) < 4.78 is 53.5. The van der Waals surface area contributed by atoms with Crippen LogP contribution in [0.3, 0.4) is 0 Å². The first-order valence-electron chi connectivity index (χ1n) is 11.8. The number of piperidine rings is 2. The zero-order valence-electron chi connectivity index (χ0n) is 19.1. The summed E-state index contributed by atoms with van der Waals surface area (Å²) in [4.78, 5) is 15.0.